The maximum absolute atomic E-state index is 14.3. The molecule has 2 aromatic rings. The van der Waals surface area contributed by atoms with Gasteiger partial charge in [0.1, 0.15) is 33.6 Å². The zero-order chi connectivity index (χ0) is 27.0. The molecule has 0 saturated heterocycles. The van der Waals surface area contributed by atoms with E-state index in [-0.39, 0.29) is 27.0 Å². The largest absolute Gasteiger partial charge is 0.497 e. The first-order valence-electron chi connectivity index (χ1n) is 10.3. The van der Waals surface area contributed by atoms with Crippen molar-refractivity contribution >= 4 is 46.2 Å². The molecule has 10 nitrogen and oxygen atoms in total. The molecule has 0 aliphatic heterocycles. The normalized spacial score (nSPS) is 10.1. The van der Waals surface area contributed by atoms with Crippen LogP contribution in [0.15, 0.2) is 30.3 Å². The number of benzene rings is 2. The lowest BCUT2D eigenvalue weighted by atomic mass is 10.1. The zero-order valence-electron chi connectivity index (χ0n) is 20.6. The van der Waals surface area contributed by atoms with Gasteiger partial charge in [-0.3, -0.25) is 30.5 Å². The Bertz CT molecular complexity index is 1160. The number of nitrogens with one attached hydrogen (secondary N) is 2. The molecule has 194 valence electrons. The van der Waals surface area contributed by atoms with Crippen molar-refractivity contribution in [2.45, 2.75) is 6.42 Å². The molecular formula is C23H27FN4O6S2. The van der Waals surface area contributed by atoms with Crippen molar-refractivity contribution in [2.24, 2.45) is 0 Å². The Morgan fingerprint density at radius 2 is 1.33 bits per heavy atom. The summed E-state index contributed by atoms with van der Waals surface area (Å²) in [6, 6.07) is 7.69. The minimum absolute atomic E-state index is 0.0434. The van der Waals surface area contributed by atoms with Gasteiger partial charge in [0.15, 0.2) is 11.6 Å². The van der Waals surface area contributed by atoms with E-state index in [1.165, 1.54) is 58.6 Å². The number of nitrogens with zero attached hydrogens (tertiary/aromatic N) is 2. The summed E-state index contributed by atoms with van der Waals surface area (Å²) >= 11 is 10.8. The van der Waals surface area contributed by atoms with Crippen LogP contribution >= 0.6 is 24.4 Å². The van der Waals surface area contributed by atoms with Gasteiger partial charge in [0.2, 0.25) is 11.8 Å². The van der Waals surface area contributed by atoms with Gasteiger partial charge in [-0.25, -0.2) is 4.39 Å². The van der Waals surface area contributed by atoms with E-state index >= 15 is 0 Å². The van der Waals surface area contributed by atoms with Crippen LogP contribution in [0.1, 0.15) is 17.5 Å². The number of hydrogen-bond donors (Lipinski definition) is 2. The van der Waals surface area contributed by atoms with Crippen molar-refractivity contribution in [1.82, 2.24) is 20.9 Å². The molecule has 0 radical (unpaired) electrons. The van der Waals surface area contributed by atoms with Gasteiger partial charge in [0, 0.05) is 20.2 Å². The second-order valence-electron chi connectivity index (χ2n) is 7.23. The maximum Gasteiger partial charge on any atom is 0.248 e. The highest BCUT2D eigenvalue weighted by Crippen LogP contribution is 2.29. The molecule has 0 heterocycles. The quantitative estimate of drug-likeness (QED) is 0.296. The zero-order valence-corrected chi connectivity index (χ0v) is 22.3. The average molecular weight is 539 g/mol. The van der Waals surface area contributed by atoms with E-state index in [1.807, 2.05) is 0 Å². The third-order valence-corrected chi connectivity index (χ3v) is 5.83. The predicted octanol–water partition coefficient (Wildman–Crippen LogP) is 2.23. The van der Waals surface area contributed by atoms with Gasteiger partial charge in [-0.2, -0.15) is 0 Å². The molecule has 2 N–H and O–H groups in total. The molecule has 2 aromatic carbocycles. The van der Waals surface area contributed by atoms with Crippen LogP contribution in [0.3, 0.4) is 0 Å². The van der Waals surface area contributed by atoms with Crippen LogP contribution in [0.4, 0.5) is 4.39 Å². The molecule has 2 amide bonds. The summed E-state index contributed by atoms with van der Waals surface area (Å²) in [5, 5.41) is 2.47. The minimum Gasteiger partial charge on any atom is -0.497 e. The molecule has 0 aromatic heterocycles. The minimum atomic E-state index is -0.681. The summed E-state index contributed by atoms with van der Waals surface area (Å²) in [4.78, 5) is 25.2. The summed E-state index contributed by atoms with van der Waals surface area (Å²) in [5.41, 5.74) is 5.71. The van der Waals surface area contributed by atoms with Crippen LogP contribution in [0, 0.1) is 5.82 Å². The number of hydrogen-bond acceptors (Lipinski definition) is 8. The number of carbonyl (C=O) groups excluding carboxylic acids is 2. The molecule has 0 fully saturated rings. The van der Waals surface area contributed by atoms with Crippen molar-refractivity contribution in [1.29, 1.82) is 0 Å². The third-order valence-electron chi connectivity index (χ3n) is 4.84. The Morgan fingerprint density at radius 3 is 1.83 bits per heavy atom. The Balaban J connectivity index is 2.03. The van der Waals surface area contributed by atoms with Gasteiger partial charge in [-0.1, -0.05) is 24.4 Å². The second-order valence-corrected chi connectivity index (χ2v) is 8.00. The van der Waals surface area contributed by atoms with Crippen molar-refractivity contribution in [3.8, 4) is 23.0 Å². The molecule has 0 bridgehead atoms. The molecule has 2 rings (SSSR count). The number of methoxy groups -OCH3 is 4. The number of halogens is 1. The molecule has 0 saturated carbocycles. The molecule has 13 heteroatoms. The Labute approximate surface area is 219 Å². The highest BCUT2D eigenvalue weighted by Gasteiger charge is 2.21. The molecule has 0 atom stereocenters. The highest BCUT2D eigenvalue weighted by atomic mass is 32.1. The fourth-order valence-corrected chi connectivity index (χ4v) is 3.50. The molecule has 0 aliphatic carbocycles. The van der Waals surface area contributed by atoms with Crippen LogP contribution in [0.5, 0.6) is 23.0 Å². The van der Waals surface area contributed by atoms with Gasteiger partial charge < -0.3 is 18.9 Å². The Kier molecular flexibility index (Phi) is 10.2. The van der Waals surface area contributed by atoms with E-state index in [4.69, 9.17) is 43.4 Å². The Morgan fingerprint density at radius 1 is 0.806 bits per heavy atom. The second kappa shape index (κ2) is 12.8. The summed E-state index contributed by atoms with van der Waals surface area (Å²) in [6.07, 6.45) is -0.543. The fraction of sp³-hybridized carbons (Fsp3) is 0.304. The molecule has 36 heavy (non-hydrogen) atoms. The maximum atomic E-state index is 14.3. The first-order valence-corrected chi connectivity index (χ1v) is 11.2. The molecule has 0 spiro atoms. The van der Waals surface area contributed by atoms with Crippen LogP contribution in [-0.4, -0.2) is 74.3 Å². The summed E-state index contributed by atoms with van der Waals surface area (Å²) in [7, 11) is 8.66. The van der Waals surface area contributed by atoms with E-state index in [9.17, 15) is 14.0 Å². The standard InChI is InChI=1S/C23H27FN4O6S2/c1-27(22(35)15-9-13(31-3)7-8-18(15)33-5)25-19(29)12-20(30)26-28(2)23(36)16-10-14(32-4)11-17(24)21(16)34-6/h7-11H,12H2,1-6H3,(H,25,29)(H,26,30). The van der Waals surface area contributed by atoms with E-state index in [1.54, 1.807) is 18.2 Å². The SMILES string of the molecule is COc1ccc(OC)c(C(=S)N(C)NC(=O)CC(=O)NN(C)C(=S)c2cc(OC)cc(F)c2OC)c1. The summed E-state index contributed by atoms with van der Waals surface area (Å²) in [6.45, 7) is 0. The lowest BCUT2D eigenvalue weighted by molar-refractivity contribution is -0.132. The van der Waals surface area contributed by atoms with E-state index in [0.29, 0.717) is 17.1 Å². The van der Waals surface area contributed by atoms with E-state index < -0.39 is 24.1 Å². The number of hydrazine groups is 2. The fourth-order valence-electron chi connectivity index (χ4n) is 3.10. The number of ether oxygens (including phenoxy) is 4. The van der Waals surface area contributed by atoms with Gasteiger partial charge in [-0.15, -0.1) is 0 Å². The predicted molar refractivity (Wildman–Crippen MR) is 139 cm³/mol. The first-order chi connectivity index (χ1) is 17.1. The van der Waals surface area contributed by atoms with Crippen molar-refractivity contribution < 1.29 is 32.9 Å². The topological polar surface area (TPSA) is 102 Å². The first kappa shape index (κ1) is 28.5. The average Bonchev–Trinajstić information content (AvgIpc) is 2.86. The Hall–Kier alpha value is -3.71. The lowest BCUT2D eigenvalue weighted by Gasteiger charge is -2.24. The molecular weight excluding hydrogens is 511 g/mol. The van der Waals surface area contributed by atoms with Crippen LogP contribution in [0.2, 0.25) is 0 Å². The lowest BCUT2D eigenvalue weighted by Crippen LogP contribution is -2.47. The van der Waals surface area contributed by atoms with Crippen LogP contribution in [-0.2, 0) is 9.59 Å². The molecule has 0 unspecified atom stereocenters. The van der Waals surface area contributed by atoms with Crippen molar-refractivity contribution in [3.63, 3.8) is 0 Å². The van der Waals surface area contributed by atoms with Crippen molar-refractivity contribution in [2.75, 3.05) is 42.5 Å². The number of thiocarbonyl (C=S) groups is 2. The van der Waals surface area contributed by atoms with Gasteiger partial charge in [0.25, 0.3) is 0 Å². The monoisotopic (exact) mass is 538 g/mol. The number of amides is 2. The van der Waals surface area contributed by atoms with Gasteiger partial charge >= 0.3 is 0 Å². The van der Waals surface area contributed by atoms with E-state index in [0.717, 1.165) is 6.07 Å². The smallest absolute Gasteiger partial charge is 0.248 e. The third kappa shape index (κ3) is 6.92. The van der Waals surface area contributed by atoms with E-state index in [2.05, 4.69) is 10.9 Å². The van der Waals surface area contributed by atoms with Gasteiger partial charge in [0.05, 0.1) is 39.6 Å². The molecule has 0 aliphatic rings. The summed E-state index contributed by atoms with van der Waals surface area (Å²) < 4.78 is 35.0. The van der Waals surface area contributed by atoms with Crippen LogP contribution < -0.4 is 29.8 Å². The van der Waals surface area contributed by atoms with Gasteiger partial charge in [-0.05, 0) is 24.3 Å². The summed E-state index contributed by atoms with van der Waals surface area (Å²) in [5.74, 6) is -0.835. The highest BCUT2D eigenvalue weighted by molar-refractivity contribution is 7.81. The number of carbonyl (C=O) groups is 2. The van der Waals surface area contributed by atoms with Crippen molar-refractivity contribution in [3.05, 3.63) is 47.3 Å². The number of rotatable bonds is 8. The van der Waals surface area contributed by atoms with Crippen LogP contribution in [0.25, 0.3) is 0 Å².